The maximum Gasteiger partial charge on any atom is 0.432 e. The lowest BCUT2D eigenvalue weighted by molar-refractivity contribution is -0.249. The Morgan fingerprint density at radius 1 is 0.636 bits per heavy atom. The van der Waals surface area contributed by atoms with Gasteiger partial charge in [-0.15, -0.1) is 3.63 Å². The topological polar surface area (TPSA) is 143 Å². The van der Waals surface area contributed by atoms with Crippen LogP contribution in [0.4, 0.5) is 43.9 Å². The highest BCUT2D eigenvalue weighted by Gasteiger charge is 2.72. The van der Waals surface area contributed by atoms with Gasteiger partial charge in [-0.05, 0) is 29.0 Å². The highest BCUT2D eigenvalue weighted by molar-refractivity contribution is 8.00. The molecule has 2 atom stereocenters. The van der Waals surface area contributed by atoms with Gasteiger partial charge in [0.1, 0.15) is 0 Å². The Hall–Kier alpha value is -3.92. The summed E-state index contributed by atoms with van der Waals surface area (Å²) >= 11 is 0. The van der Waals surface area contributed by atoms with Crippen molar-refractivity contribution < 1.29 is 87.8 Å². The molecular formula is C22H12F10O10S2. The normalized spacial score (nSPS) is 15.0. The molecule has 1 aromatic heterocycles. The van der Waals surface area contributed by atoms with Crippen LogP contribution >= 0.6 is 0 Å². The number of carbonyl (C=O) groups excluding carboxylic acids is 2. The summed E-state index contributed by atoms with van der Waals surface area (Å²) in [5, 5.41) is -13.7. The highest BCUT2D eigenvalue weighted by Crippen LogP contribution is 2.44. The fourth-order valence-electron chi connectivity index (χ4n) is 3.26. The molecule has 3 rings (SSSR count). The summed E-state index contributed by atoms with van der Waals surface area (Å²) in [6.07, 6.45) is -22.9. The maximum absolute atomic E-state index is 14.8. The summed E-state index contributed by atoms with van der Waals surface area (Å²) in [4.78, 5) is 24.1. The van der Waals surface area contributed by atoms with Gasteiger partial charge in [0.2, 0.25) is 5.76 Å². The van der Waals surface area contributed by atoms with Gasteiger partial charge in [-0.3, -0.25) is 0 Å². The Kier molecular flexibility index (Phi) is 9.07. The van der Waals surface area contributed by atoms with Gasteiger partial charge in [0.05, 0.1) is 11.8 Å². The van der Waals surface area contributed by atoms with Crippen LogP contribution in [0.5, 0.6) is 0 Å². The second-order valence-corrected chi connectivity index (χ2v) is 11.7. The second-order valence-electron chi connectivity index (χ2n) is 8.26. The van der Waals surface area contributed by atoms with Crippen molar-refractivity contribution in [1.29, 1.82) is 0 Å². The third-order valence-electron chi connectivity index (χ3n) is 5.23. The minimum absolute atomic E-state index is 0.147. The number of alkyl halides is 10. The predicted molar refractivity (Wildman–Crippen MR) is 122 cm³/mol. The number of carbonyl (C=O) groups is 2. The summed E-state index contributed by atoms with van der Waals surface area (Å²) in [5.41, 5.74) is -0.850. The predicted octanol–water partition coefficient (Wildman–Crippen LogP) is 5.17. The average molecular weight is 690 g/mol. The smallest absolute Gasteiger partial charge is 0.432 e. The van der Waals surface area contributed by atoms with E-state index in [1.807, 2.05) is 0 Å². The third-order valence-corrected chi connectivity index (χ3v) is 8.43. The number of ether oxygens (including phenoxy) is 2. The SMILES string of the molecule is O=C(OC(C(F)(F)F)C(F)(F)S(=O)(=O)OS(=O)(=O)C(F)(F)C(OC(=O)c1cccc2ccccc12)C(F)(F)F)c1ccco1. The van der Waals surface area contributed by atoms with Crippen LogP contribution in [-0.4, -0.2) is 63.8 Å². The van der Waals surface area contributed by atoms with E-state index < -0.39 is 78.6 Å². The molecule has 0 aliphatic carbocycles. The minimum atomic E-state index is -7.93. The van der Waals surface area contributed by atoms with Gasteiger partial charge in [0.15, 0.2) is 0 Å². The zero-order valence-electron chi connectivity index (χ0n) is 20.6. The standard InChI is InChI=1S/C22H12F10O10S2/c23-19(24,25)17(40-15(33)13-8-3-6-11-5-1-2-7-12(11)13)21(29,30)43(35,36)42-44(37,38)22(31,32)18(20(26,27)28)41-16(34)14-9-4-10-39-14/h1-10,17-18H. The molecule has 44 heavy (non-hydrogen) atoms. The molecule has 2 aromatic carbocycles. The lowest BCUT2D eigenvalue weighted by Crippen LogP contribution is -2.56. The van der Waals surface area contributed by atoms with E-state index in [4.69, 9.17) is 0 Å². The average Bonchev–Trinajstić information content (AvgIpc) is 3.42. The van der Waals surface area contributed by atoms with Crippen molar-refractivity contribution >= 4 is 42.9 Å². The Balaban J connectivity index is 1.98. The quantitative estimate of drug-likeness (QED) is 0.207. The van der Waals surface area contributed by atoms with Crippen molar-refractivity contribution in [3.8, 4) is 0 Å². The zero-order chi connectivity index (χ0) is 33.5. The third kappa shape index (κ3) is 6.75. The molecule has 3 aromatic rings. The molecule has 0 aliphatic rings. The zero-order valence-corrected chi connectivity index (χ0v) is 22.2. The summed E-state index contributed by atoms with van der Waals surface area (Å²) in [7, 11) is -15.9. The Morgan fingerprint density at radius 3 is 1.59 bits per heavy atom. The van der Waals surface area contributed by atoms with E-state index in [0.717, 1.165) is 24.3 Å². The summed E-state index contributed by atoms with van der Waals surface area (Å²) in [5.74, 6) is -5.92. The number of furan rings is 1. The molecule has 0 saturated heterocycles. The number of rotatable bonds is 10. The lowest BCUT2D eigenvalue weighted by atomic mass is 10.0. The molecule has 0 amide bonds. The van der Waals surface area contributed by atoms with Crippen LogP contribution in [0.25, 0.3) is 10.8 Å². The van der Waals surface area contributed by atoms with Crippen LogP contribution in [0.3, 0.4) is 0 Å². The number of hydrogen-bond acceptors (Lipinski definition) is 10. The first kappa shape index (κ1) is 34.6. The van der Waals surface area contributed by atoms with Crippen molar-refractivity contribution in [2.75, 3.05) is 0 Å². The summed E-state index contributed by atoms with van der Waals surface area (Å²) < 4.78 is 201. The highest BCUT2D eigenvalue weighted by atomic mass is 32.3. The first-order valence-corrected chi connectivity index (χ1v) is 13.8. The van der Waals surface area contributed by atoms with Gasteiger partial charge < -0.3 is 13.9 Å². The number of halogens is 10. The molecule has 1 heterocycles. The van der Waals surface area contributed by atoms with E-state index in [0.29, 0.717) is 12.3 Å². The van der Waals surface area contributed by atoms with Gasteiger partial charge in [0, 0.05) is 0 Å². The molecule has 22 heteroatoms. The van der Waals surface area contributed by atoms with E-state index in [-0.39, 0.29) is 10.8 Å². The second kappa shape index (κ2) is 11.5. The molecule has 10 nitrogen and oxygen atoms in total. The molecule has 0 saturated carbocycles. The lowest BCUT2D eigenvalue weighted by Gasteiger charge is -2.29. The van der Waals surface area contributed by atoms with Crippen LogP contribution in [0.1, 0.15) is 20.9 Å². The van der Waals surface area contributed by atoms with Crippen LogP contribution in [0.2, 0.25) is 0 Å². The summed E-state index contributed by atoms with van der Waals surface area (Å²) in [6.45, 7) is 0. The van der Waals surface area contributed by atoms with E-state index in [9.17, 15) is 70.3 Å². The molecule has 0 spiro atoms. The largest absolute Gasteiger partial charge is 0.457 e. The fourth-order valence-corrected chi connectivity index (χ4v) is 5.81. The first-order valence-electron chi connectivity index (χ1n) is 11.0. The number of fused-ring (bicyclic) bond motifs is 1. The van der Waals surface area contributed by atoms with Crippen molar-refractivity contribution in [2.24, 2.45) is 0 Å². The minimum Gasteiger partial charge on any atom is -0.457 e. The van der Waals surface area contributed by atoms with E-state index >= 15 is 0 Å². The number of esters is 2. The van der Waals surface area contributed by atoms with E-state index in [1.54, 1.807) is 0 Å². The van der Waals surface area contributed by atoms with Gasteiger partial charge in [-0.1, -0.05) is 36.4 Å². The van der Waals surface area contributed by atoms with Crippen LogP contribution in [0, 0.1) is 0 Å². The monoisotopic (exact) mass is 690 g/mol. The Morgan fingerprint density at radius 2 is 1.11 bits per heavy atom. The molecule has 242 valence electrons. The van der Waals surface area contributed by atoms with Gasteiger partial charge >= 0.3 is 55.0 Å². The van der Waals surface area contributed by atoms with Crippen molar-refractivity contribution in [3.05, 3.63) is 72.2 Å². The molecule has 0 radical (unpaired) electrons. The fraction of sp³-hybridized carbons (Fsp3) is 0.273. The van der Waals surface area contributed by atoms with E-state index in [2.05, 4.69) is 17.5 Å². The maximum atomic E-state index is 14.8. The molecule has 2 unspecified atom stereocenters. The number of hydrogen-bond donors (Lipinski definition) is 0. The van der Waals surface area contributed by atoms with Gasteiger partial charge in [0.25, 0.3) is 12.2 Å². The van der Waals surface area contributed by atoms with Crippen LogP contribution < -0.4 is 0 Å². The van der Waals surface area contributed by atoms with Crippen molar-refractivity contribution in [2.45, 2.75) is 35.1 Å². The molecule has 0 bridgehead atoms. The molecule has 0 fully saturated rings. The van der Waals surface area contributed by atoms with Crippen LogP contribution in [0.15, 0.2) is 65.3 Å². The molecular weight excluding hydrogens is 678 g/mol. The van der Waals surface area contributed by atoms with Gasteiger partial charge in [-0.2, -0.15) is 60.7 Å². The van der Waals surface area contributed by atoms with Crippen LogP contribution in [-0.2, 0) is 33.3 Å². The Bertz CT molecular complexity index is 1740. The van der Waals surface area contributed by atoms with Crippen molar-refractivity contribution in [1.82, 2.24) is 0 Å². The first-order chi connectivity index (χ1) is 19.9. The van der Waals surface area contributed by atoms with Gasteiger partial charge in [-0.25, -0.2) is 9.59 Å². The molecule has 0 N–H and O–H groups in total. The van der Waals surface area contributed by atoms with E-state index in [1.165, 1.54) is 24.3 Å². The number of benzene rings is 2. The Labute approximate surface area is 238 Å². The van der Waals surface area contributed by atoms with Crippen molar-refractivity contribution in [3.63, 3.8) is 0 Å². The molecule has 0 aliphatic heterocycles. The summed E-state index contributed by atoms with van der Waals surface area (Å²) in [6, 6.07) is 9.55.